The molecule has 1 amide bonds. The molecule has 2 fully saturated rings. The second kappa shape index (κ2) is 7.07. The molecule has 3 aromatic heterocycles. The molecular formula is C21H22F2N6O. The van der Waals surface area contributed by atoms with Crippen molar-refractivity contribution in [3.05, 3.63) is 52.9 Å². The number of fused-ring (bicyclic) bond motifs is 3. The summed E-state index contributed by atoms with van der Waals surface area (Å²) in [4.78, 5) is 27.7. The normalized spacial score (nSPS) is 23.5. The van der Waals surface area contributed by atoms with E-state index in [1.54, 1.807) is 4.52 Å². The van der Waals surface area contributed by atoms with Crippen LogP contribution in [0.5, 0.6) is 0 Å². The smallest absolute Gasteiger partial charge is 0.280 e. The highest BCUT2D eigenvalue weighted by molar-refractivity contribution is 5.95. The number of carbonyl (C=O) groups excluding carboxylic acids is 1. The summed E-state index contributed by atoms with van der Waals surface area (Å²) in [6, 6.07) is 5.17. The van der Waals surface area contributed by atoms with Crippen LogP contribution in [0.2, 0.25) is 0 Å². The molecule has 0 aliphatic carbocycles. The Morgan fingerprint density at radius 2 is 1.80 bits per heavy atom. The van der Waals surface area contributed by atoms with E-state index in [2.05, 4.69) is 20.1 Å². The van der Waals surface area contributed by atoms with Gasteiger partial charge in [-0.1, -0.05) is 0 Å². The number of carbonyl (C=O) groups is 1. The molecule has 0 saturated carbocycles. The first-order valence-corrected chi connectivity index (χ1v) is 10.2. The molecule has 2 aliphatic rings. The molecule has 156 valence electrons. The zero-order valence-corrected chi connectivity index (χ0v) is 16.8. The third-order valence-corrected chi connectivity index (χ3v) is 6.29. The lowest BCUT2D eigenvalue weighted by molar-refractivity contribution is 0.0553. The van der Waals surface area contributed by atoms with Crippen LogP contribution in [-0.2, 0) is 0 Å². The van der Waals surface area contributed by atoms with Crippen LogP contribution in [0.4, 0.5) is 8.78 Å². The highest BCUT2D eigenvalue weighted by Gasteiger charge is 2.46. The number of hydrogen-bond acceptors (Lipinski definition) is 5. The Morgan fingerprint density at radius 3 is 2.53 bits per heavy atom. The molecule has 3 aromatic rings. The fourth-order valence-electron chi connectivity index (χ4n) is 5.15. The standard InChI is InChI=1S/C21H22F2N6O/c1-11-7-13(8-12(2)26-11)20(30)28-14-3-5-15(17(28)6-4-14)18-9-16(19(22)23)27-21-24-10-25-29(18)21/h7-10,14-15,17,19H,3-6H2,1-2H3/t14-,15-,17-/m0/s1. The maximum Gasteiger partial charge on any atom is 0.280 e. The Bertz CT molecular complexity index is 1110. The van der Waals surface area contributed by atoms with E-state index < -0.39 is 6.43 Å². The first kappa shape index (κ1) is 19.0. The maximum atomic E-state index is 13.5. The van der Waals surface area contributed by atoms with E-state index in [0.29, 0.717) is 11.3 Å². The van der Waals surface area contributed by atoms with Gasteiger partial charge >= 0.3 is 0 Å². The van der Waals surface area contributed by atoms with E-state index in [1.165, 1.54) is 12.4 Å². The van der Waals surface area contributed by atoms with E-state index in [4.69, 9.17) is 0 Å². The predicted octanol–water partition coefficient (Wildman–Crippen LogP) is 3.62. The van der Waals surface area contributed by atoms with Crippen molar-refractivity contribution in [2.45, 2.75) is 64.0 Å². The quantitative estimate of drug-likeness (QED) is 0.657. The minimum Gasteiger partial charge on any atom is -0.332 e. The summed E-state index contributed by atoms with van der Waals surface area (Å²) >= 11 is 0. The summed E-state index contributed by atoms with van der Waals surface area (Å²) in [5.41, 5.74) is 2.59. The second-order valence-corrected chi connectivity index (χ2v) is 8.21. The third-order valence-electron chi connectivity index (χ3n) is 6.29. The van der Waals surface area contributed by atoms with Crippen molar-refractivity contribution in [2.24, 2.45) is 0 Å². The summed E-state index contributed by atoms with van der Waals surface area (Å²) in [6.07, 6.45) is 2.04. The highest BCUT2D eigenvalue weighted by Crippen LogP contribution is 2.45. The number of nitrogens with zero attached hydrogens (tertiary/aromatic N) is 6. The lowest BCUT2D eigenvalue weighted by atomic mass is 9.86. The number of amides is 1. The van der Waals surface area contributed by atoms with Crippen LogP contribution in [0.3, 0.4) is 0 Å². The van der Waals surface area contributed by atoms with Gasteiger partial charge in [-0.3, -0.25) is 9.78 Å². The molecule has 2 bridgehead atoms. The van der Waals surface area contributed by atoms with Gasteiger partial charge in [-0.25, -0.2) is 18.3 Å². The zero-order valence-electron chi connectivity index (χ0n) is 16.8. The number of alkyl halides is 2. The molecular weight excluding hydrogens is 390 g/mol. The Morgan fingerprint density at radius 1 is 1.07 bits per heavy atom. The molecule has 2 aliphatic heterocycles. The summed E-state index contributed by atoms with van der Waals surface area (Å²) in [5, 5.41) is 4.21. The molecule has 9 heteroatoms. The van der Waals surface area contributed by atoms with Gasteiger partial charge in [0.2, 0.25) is 0 Å². The minimum absolute atomic E-state index is 0.0150. The number of pyridine rings is 1. The molecule has 5 heterocycles. The van der Waals surface area contributed by atoms with Gasteiger partial charge in [0.25, 0.3) is 18.1 Å². The van der Waals surface area contributed by atoms with Gasteiger partial charge in [-0.15, -0.1) is 0 Å². The summed E-state index contributed by atoms with van der Waals surface area (Å²) in [5.74, 6) is 0.0568. The van der Waals surface area contributed by atoms with E-state index in [-0.39, 0.29) is 35.4 Å². The van der Waals surface area contributed by atoms with Crippen molar-refractivity contribution in [1.29, 1.82) is 0 Å². The average molecular weight is 412 g/mol. The van der Waals surface area contributed by atoms with Crippen molar-refractivity contribution in [3.8, 4) is 0 Å². The van der Waals surface area contributed by atoms with Crippen molar-refractivity contribution >= 4 is 11.7 Å². The molecule has 0 aromatic carbocycles. The molecule has 3 atom stereocenters. The molecule has 30 heavy (non-hydrogen) atoms. The molecule has 0 spiro atoms. The first-order valence-electron chi connectivity index (χ1n) is 10.2. The average Bonchev–Trinajstić information content (AvgIpc) is 3.29. The SMILES string of the molecule is Cc1cc(C(=O)N2[C@H]3CC[C@H](c4cc(C(F)F)nc5ncnn45)[C@@H]2CC3)cc(C)n1. The molecule has 7 nitrogen and oxygen atoms in total. The lowest BCUT2D eigenvalue weighted by Crippen LogP contribution is -2.47. The molecule has 2 saturated heterocycles. The van der Waals surface area contributed by atoms with Gasteiger partial charge in [-0.2, -0.15) is 10.1 Å². The largest absolute Gasteiger partial charge is 0.332 e. The van der Waals surface area contributed by atoms with Crippen LogP contribution in [-0.4, -0.2) is 47.5 Å². The Kier molecular flexibility index (Phi) is 4.48. The predicted molar refractivity (Wildman–Crippen MR) is 104 cm³/mol. The van der Waals surface area contributed by atoms with Crippen LogP contribution >= 0.6 is 0 Å². The van der Waals surface area contributed by atoms with E-state index in [9.17, 15) is 13.6 Å². The summed E-state index contributed by atoms with van der Waals surface area (Å²) in [7, 11) is 0. The van der Waals surface area contributed by atoms with Crippen molar-refractivity contribution < 1.29 is 13.6 Å². The topological polar surface area (TPSA) is 76.3 Å². The summed E-state index contributed by atoms with van der Waals surface area (Å²) < 4.78 is 28.4. The Labute approximate surface area is 172 Å². The van der Waals surface area contributed by atoms with E-state index >= 15 is 0 Å². The molecule has 0 N–H and O–H groups in total. The molecule has 5 rings (SSSR count). The first-order chi connectivity index (χ1) is 14.4. The van der Waals surface area contributed by atoms with Gasteiger partial charge < -0.3 is 4.90 Å². The number of aryl methyl sites for hydroxylation is 2. The van der Waals surface area contributed by atoms with Gasteiger partial charge in [0.15, 0.2) is 0 Å². The van der Waals surface area contributed by atoms with Crippen LogP contribution in [0.1, 0.15) is 71.2 Å². The zero-order chi connectivity index (χ0) is 21.0. The summed E-state index contributed by atoms with van der Waals surface area (Å²) in [6.45, 7) is 3.75. The monoisotopic (exact) mass is 412 g/mol. The fourth-order valence-corrected chi connectivity index (χ4v) is 5.15. The minimum atomic E-state index is -2.69. The van der Waals surface area contributed by atoms with Crippen molar-refractivity contribution in [3.63, 3.8) is 0 Å². The number of aromatic nitrogens is 5. The van der Waals surface area contributed by atoms with Gasteiger partial charge in [0.1, 0.15) is 12.0 Å². The molecule has 0 unspecified atom stereocenters. The second-order valence-electron chi connectivity index (χ2n) is 8.21. The van der Waals surface area contributed by atoms with Gasteiger partial charge in [0, 0.05) is 35.0 Å². The number of piperidine rings is 1. The van der Waals surface area contributed by atoms with Crippen LogP contribution in [0.15, 0.2) is 24.5 Å². The van der Waals surface area contributed by atoms with Crippen LogP contribution < -0.4 is 0 Å². The van der Waals surface area contributed by atoms with Crippen LogP contribution in [0.25, 0.3) is 5.78 Å². The van der Waals surface area contributed by atoms with Crippen LogP contribution in [0, 0.1) is 13.8 Å². The van der Waals surface area contributed by atoms with Crippen molar-refractivity contribution in [1.82, 2.24) is 29.5 Å². The Hall–Kier alpha value is -2.97. The van der Waals surface area contributed by atoms with E-state index in [1.807, 2.05) is 30.9 Å². The van der Waals surface area contributed by atoms with Gasteiger partial charge in [-0.05, 0) is 57.7 Å². The number of rotatable bonds is 3. The maximum absolute atomic E-state index is 13.5. The number of halogens is 2. The van der Waals surface area contributed by atoms with Crippen molar-refractivity contribution in [2.75, 3.05) is 0 Å². The number of hydrogen-bond donors (Lipinski definition) is 0. The molecule has 0 radical (unpaired) electrons. The van der Waals surface area contributed by atoms with Gasteiger partial charge in [0.05, 0.1) is 5.69 Å². The highest BCUT2D eigenvalue weighted by atomic mass is 19.3. The lowest BCUT2D eigenvalue weighted by Gasteiger charge is -2.40. The Balaban J connectivity index is 1.55. The fraction of sp³-hybridized carbons (Fsp3) is 0.476. The van der Waals surface area contributed by atoms with E-state index in [0.717, 1.165) is 37.1 Å². The third kappa shape index (κ3) is 3.03.